The van der Waals surface area contributed by atoms with Gasteiger partial charge in [0.2, 0.25) is 0 Å². The summed E-state index contributed by atoms with van der Waals surface area (Å²) in [5.74, 6) is 0. The SMILES string of the molecule is c1ccc(-n2c3ccc(C4(c5ccccc5)c5ccccc5-c5ccccc54)cc3c3cc(-n4c5ccccc5c5ccccc54)cc(-n4c5ccccc5c5ccccc54)c32)cc1. The molecule has 3 aromatic heterocycles. The van der Waals surface area contributed by atoms with Crippen LogP contribution in [0.4, 0.5) is 0 Å². The highest BCUT2D eigenvalue weighted by molar-refractivity contribution is 6.17. The van der Waals surface area contributed by atoms with Crippen molar-refractivity contribution in [1.29, 1.82) is 0 Å². The monoisotopic (exact) mass is 813 g/mol. The summed E-state index contributed by atoms with van der Waals surface area (Å²) < 4.78 is 7.50. The molecule has 3 nitrogen and oxygen atoms in total. The zero-order valence-corrected chi connectivity index (χ0v) is 34.9. The van der Waals surface area contributed by atoms with Crippen LogP contribution in [-0.4, -0.2) is 13.7 Å². The van der Waals surface area contributed by atoms with Gasteiger partial charge in [-0.1, -0.05) is 176 Å². The van der Waals surface area contributed by atoms with Crippen molar-refractivity contribution in [3.63, 3.8) is 0 Å². The summed E-state index contributed by atoms with van der Waals surface area (Å²) in [7, 11) is 0. The standard InChI is InChI=1S/C61H39N3/c1-3-19-40(20-4-1)61(52-29-13-7-23-44(52)45-24-8-14-30-53(45)61)41-35-36-58-50(37-41)51-38-43(62-54-31-15-9-25-46(54)47-26-10-16-32-55(47)62)39-59(60(51)63(58)42-21-5-2-6-22-42)64-56-33-17-11-27-48(56)49-28-12-18-34-57(49)64/h1-39H. The molecule has 0 saturated carbocycles. The molecule has 1 aliphatic carbocycles. The molecule has 0 spiro atoms. The third-order valence-corrected chi connectivity index (χ3v) is 14.1. The van der Waals surface area contributed by atoms with Gasteiger partial charge in [-0.3, -0.25) is 0 Å². The van der Waals surface area contributed by atoms with Crippen molar-refractivity contribution in [2.75, 3.05) is 0 Å². The fourth-order valence-electron chi connectivity index (χ4n) is 11.6. The molecular weight excluding hydrogens is 775 g/mol. The van der Waals surface area contributed by atoms with E-state index in [0.29, 0.717) is 0 Å². The van der Waals surface area contributed by atoms with Crippen LogP contribution in [0, 0.1) is 0 Å². The van der Waals surface area contributed by atoms with Crippen molar-refractivity contribution in [2.45, 2.75) is 5.41 Å². The molecule has 10 aromatic carbocycles. The lowest BCUT2D eigenvalue weighted by molar-refractivity contribution is 0.770. The minimum absolute atomic E-state index is 0.538. The lowest BCUT2D eigenvalue weighted by Crippen LogP contribution is -2.28. The van der Waals surface area contributed by atoms with Crippen LogP contribution < -0.4 is 0 Å². The summed E-state index contributed by atoms with van der Waals surface area (Å²) in [6.07, 6.45) is 0. The number of hydrogen-bond acceptors (Lipinski definition) is 0. The molecule has 64 heavy (non-hydrogen) atoms. The number of benzene rings is 10. The number of para-hydroxylation sites is 5. The largest absolute Gasteiger partial charge is 0.309 e. The van der Waals surface area contributed by atoms with Gasteiger partial charge in [0, 0.05) is 43.7 Å². The average Bonchev–Trinajstić information content (AvgIpc) is 4.08. The number of hydrogen-bond donors (Lipinski definition) is 0. The Hall–Kier alpha value is -8.40. The first-order chi connectivity index (χ1) is 31.8. The van der Waals surface area contributed by atoms with Crippen molar-refractivity contribution >= 4 is 65.4 Å². The molecule has 14 rings (SSSR count). The Morgan fingerprint density at radius 2 is 0.719 bits per heavy atom. The molecule has 298 valence electrons. The van der Waals surface area contributed by atoms with Crippen LogP contribution >= 0.6 is 0 Å². The Bertz CT molecular complexity index is 3860. The predicted molar refractivity (Wildman–Crippen MR) is 267 cm³/mol. The first kappa shape index (κ1) is 35.2. The van der Waals surface area contributed by atoms with Gasteiger partial charge in [0.05, 0.1) is 44.2 Å². The number of aromatic nitrogens is 3. The van der Waals surface area contributed by atoms with Crippen LogP contribution in [0.3, 0.4) is 0 Å². The van der Waals surface area contributed by atoms with Crippen LogP contribution in [0.2, 0.25) is 0 Å². The Morgan fingerprint density at radius 1 is 0.266 bits per heavy atom. The van der Waals surface area contributed by atoms with E-state index in [1.165, 1.54) is 87.8 Å². The number of fused-ring (bicyclic) bond motifs is 12. The maximum atomic E-state index is 2.52. The number of nitrogens with zero attached hydrogens (tertiary/aromatic N) is 3. The third kappa shape index (κ3) is 4.65. The molecule has 0 N–H and O–H groups in total. The van der Waals surface area contributed by atoms with Crippen molar-refractivity contribution < 1.29 is 0 Å². The smallest absolute Gasteiger partial charge is 0.0784 e. The summed E-state index contributed by atoms with van der Waals surface area (Å²) in [4.78, 5) is 0. The summed E-state index contributed by atoms with van der Waals surface area (Å²) in [6.45, 7) is 0. The molecule has 0 aliphatic heterocycles. The molecule has 0 fully saturated rings. The molecule has 0 atom stereocenters. The number of rotatable bonds is 5. The Morgan fingerprint density at radius 3 is 1.28 bits per heavy atom. The van der Waals surface area contributed by atoms with Gasteiger partial charge in [0.15, 0.2) is 0 Å². The van der Waals surface area contributed by atoms with Crippen molar-refractivity contribution in [3.05, 3.63) is 259 Å². The van der Waals surface area contributed by atoms with E-state index in [1.54, 1.807) is 0 Å². The third-order valence-electron chi connectivity index (χ3n) is 14.1. The van der Waals surface area contributed by atoms with Gasteiger partial charge in [-0.2, -0.15) is 0 Å². The first-order valence-electron chi connectivity index (χ1n) is 22.2. The predicted octanol–water partition coefficient (Wildman–Crippen LogP) is 15.3. The zero-order chi connectivity index (χ0) is 41.9. The maximum Gasteiger partial charge on any atom is 0.0784 e. The molecule has 13 aromatic rings. The van der Waals surface area contributed by atoms with E-state index in [1.807, 2.05) is 0 Å². The van der Waals surface area contributed by atoms with Crippen LogP contribution in [0.5, 0.6) is 0 Å². The van der Waals surface area contributed by atoms with E-state index in [-0.39, 0.29) is 0 Å². The Kier molecular flexibility index (Phi) is 7.32. The van der Waals surface area contributed by atoms with Crippen LogP contribution in [0.25, 0.3) is 93.6 Å². The van der Waals surface area contributed by atoms with Gasteiger partial charge in [0.25, 0.3) is 0 Å². The van der Waals surface area contributed by atoms with Gasteiger partial charge < -0.3 is 13.7 Å². The van der Waals surface area contributed by atoms with Gasteiger partial charge in [0.1, 0.15) is 0 Å². The minimum atomic E-state index is -0.538. The zero-order valence-electron chi connectivity index (χ0n) is 34.9. The lowest BCUT2D eigenvalue weighted by Gasteiger charge is -2.34. The molecule has 0 bridgehead atoms. The highest BCUT2D eigenvalue weighted by Crippen LogP contribution is 2.57. The molecular formula is C61H39N3. The second-order valence-electron chi connectivity index (χ2n) is 17.2. The molecule has 0 radical (unpaired) electrons. The second kappa shape index (κ2) is 13.3. The van der Waals surface area contributed by atoms with Gasteiger partial charge >= 0.3 is 0 Å². The molecule has 3 heteroatoms. The van der Waals surface area contributed by atoms with E-state index in [4.69, 9.17) is 0 Å². The molecule has 1 aliphatic rings. The summed E-state index contributed by atoms with van der Waals surface area (Å²) >= 11 is 0. The van der Waals surface area contributed by atoms with Gasteiger partial charge in [-0.15, -0.1) is 0 Å². The minimum Gasteiger partial charge on any atom is -0.309 e. The summed E-state index contributed by atoms with van der Waals surface area (Å²) in [6, 6.07) is 87.8. The van der Waals surface area contributed by atoms with Crippen LogP contribution in [-0.2, 0) is 5.41 Å². The Balaban J connectivity index is 1.19. The first-order valence-corrected chi connectivity index (χ1v) is 22.2. The van der Waals surface area contributed by atoms with Crippen molar-refractivity contribution in [3.8, 4) is 28.2 Å². The van der Waals surface area contributed by atoms with Crippen LogP contribution in [0.15, 0.2) is 237 Å². The maximum absolute atomic E-state index is 2.52. The van der Waals surface area contributed by atoms with E-state index >= 15 is 0 Å². The normalized spacial score (nSPS) is 13.1. The van der Waals surface area contributed by atoms with Crippen molar-refractivity contribution in [2.24, 2.45) is 0 Å². The highest BCUT2D eigenvalue weighted by Gasteiger charge is 2.46. The fraction of sp³-hybridized carbons (Fsp3) is 0.0164. The molecule has 0 amide bonds. The van der Waals surface area contributed by atoms with Crippen LogP contribution in [0.1, 0.15) is 22.3 Å². The topological polar surface area (TPSA) is 14.8 Å². The highest BCUT2D eigenvalue weighted by atomic mass is 15.1. The van der Waals surface area contributed by atoms with E-state index in [9.17, 15) is 0 Å². The second-order valence-corrected chi connectivity index (χ2v) is 17.2. The van der Waals surface area contributed by atoms with Gasteiger partial charge in [-0.05, 0) is 94.0 Å². The van der Waals surface area contributed by atoms with E-state index in [0.717, 1.165) is 28.1 Å². The Labute approximate surface area is 369 Å². The quantitative estimate of drug-likeness (QED) is 0.164. The van der Waals surface area contributed by atoms with E-state index in [2.05, 4.69) is 250 Å². The molecule has 0 unspecified atom stereocenters. The summed E-state index contributed by atoms with van der Waals surface area (Å²) in [5, 5.41) is 7.36. The average molecular weight is 814 g/mol. The van der Waals surface area contributed by atoms with Crippen molar-refractivity contribution in [1.82, 2.24) is 13.7 Å². The lowest BCUT2D eigenvalue weighted by atomic mass is 9.67. The molecule has 0 saturated heterocycles. The fourth-order valence-corrected chi connectivity index (χ4v) is 11.6. The van der Waals surface area contributed by atoms with Gasteiger partial charge in [-0.25, -0.2) is 0 Å². The summed E-state index contributed by atoms with van der Waals surface area (Å²) in [5.41, 5.74) is 17.6. The van der Waals surface area contributed by atoms with E-state index < -0.39 is 5.41 Å². The molecule has 3 heterocycles.